The number of halogens is 5. The van der Waals surface area contributed by atoms with E-state index in [0.29, 0.717) is 26.6 Å². The lowest BCUT2D eigenvalue weighted by atomic mass is 10.5. The van der Waals surface area contributed by atoms with Gasteiger partial charge in [0.2, 0.25) is 0 Å². The molecule has 0 saturated carbocycles. The molecular weight excluding hydrogens is 307 g/mol. The number of alkyl halides is 1. The van der Waals surface area contributed by atoms with Crippen LogP contribution >= 0.6 is 69.8 Å². The molecule has 0 radical (unpaired) electrons. The van der Waals surface area contributed by atoms with E-state index >= 15 is 0 Å². The van der Waals surface area contributed by atoms with Gasteiger partial charge in [0.15, 0.2) is 10.3 Å². The van der Waals surface area contributed by atoms with E-state index in [4.69, 9.17) is 58.0 Å². The number of rotatable bonds is 3. The predicted octanol–water partition coefficient (Wildman–Crippen LogP) is 5.03. The Bertz CT molecular complexity index is 317. The van der Waals surface area contributed by atoms with Crippen LogP contribution in [0, 0.1) is 0 Å². The van der Waals surface area contributed by atoms with E-state index in [9.17, 15) is 0 Å². The second-order valence-corrected chi connectivity index (χ2v) is 5.14. The monoisotopic (exact) mass is 309 g/mol. The average molecular weight is 311 g/mol. The van der Waals surface area contributed by atoms with Crippen LogP contribution in [-0.4, -0.2) is 16.6 Å². The number of aromatic nitrogens is 1. The fraction of sp³-hybridized carbons (Fsp3) is 0.286. The molecule has 1 rings (SSSR count). The highest BCUT2D eigenvalue weighted by atomic mass is 35.5. The maximum absolute atomic E-state index is 5.90. The molecule has 0 N–H and O–H groups in total. The Hall–Kier alpha value is 0.950. The van der Waals surface area contributed by atoms with Crippen LogP contribution in [0.1, 0.15) is 0 Å². The van der Waals surface area contributed by atoms with Crippen molar-refractivity contribution in [2.75, 3.05) is 11.6 Å². The molecule has 1 aromatic heterocycles. The molecule has 0 saturated heterocycles. The van der Waals surface area contributed by atoms with E-state index in [1.54, 1.807) is 0 Å². The molecule has 1 aromatic rings. The Morgan fingerprint density at radius 1 is 1.00 bits per heavy atom. The van der Waals surface area contributed by atoms with Crippen LogP contribution in [0.4, 0.5) is 0 Å². The summed E-state index contributed by atoms with van der Waals surface area (Å²) in [5, 5.41) is 0.934. The fourth-order valence-electron chi connectivity index (χ4n) is 0.735. The molecule has 0 bridgehead atoms. The highest BCUT2D eigenvalue weighted by Gasteiger charge is 2.15. The molecule has 0 aliphatic heterocycles. The molecular formula is C7H4Cl5NS. The third-order valence-electron chi connectivity index (χ3n) is 1.28. The minimum atomic E-state index is 0.151. The molecule has 0 aliphatic carbocycles. The van der Waals surface area contributed by atoms with Crippen LogP contribution in [0.25, 0.3) is 0 Å². The second kappa shape index (κ2) is 5.88. The Balaban J connectivity index is 3.11. The van der Waals surface area contributed by atoms with Gasteiger partial charge in [-0.3, -0.25) is 0 Å². The molecule has 0 aromatic carbocycles. The summed E-state index contributed by atoms with van der Waals surface area (Å²) >= 11 is 30.2. The van der Waals surface area contributed by atoms with Gasteiger partial charge in [0.1, 0.15) is 0 Å². The Morgan fingerprint density at radius 3 is 1.93 bits per heavy atom. The standard InChI is InChI=1S/C7H4Cl5NS/c8-1-2-14-5-3(9)6(11)13-7(12)4(5)10/h1-2H2. The molecule has 1 heterocycles. The van der Waals surface area contributed by atoms with Crippen LogP contribution in [0.2, 0.25) is 20.4 Å². The summed E-state index contributed by atoms with van der Waals surface area (Å²) in [5.41, 5.74) is 0. The van der Waals surface area contributed by atoms with Crippen molar-refractivity contribution in [3.8, 4) is 0 Å². The van der Waals surface area contributed by atoms with Crippen molar-refractivity contribution in [1.29, 1.82) is 0 Å². The van der Waals surface area contributed by atoms with Crippen molar-refractivity contribution in [3.63, 3.8) is 0 Å². The van der Waals surface area contributed by atoms with E-state index in [1.165, 1.54) is 11.8 Å². The molecule has 78 valence electrons. The lowest BCUT2D eigenvalue weighted by Crippen LogP contribution is -1.88. The molecule has 0 fully saturated rings. The molecule has 0 unspecified atom stereocenters. The zero-order chi connectivity index (χ0) is 10.7. The average Bonchev–Trinajstić information content (AvgIpc) is 2.15. The summed E-state index contributed by atoms with van der Waals surface area (Å²) in [6.45, 7) is 0. The third-order valence-corrected chi connectivity index (χ3v) is 4.50. The summed E-state index contributed by atoms with van der Waals surface area (Å²) in [5.74, 6) is 1.17. The normalized spacial score (nSPS) is 10.6. The van der Waals surface area contributed by atoms with Crippen molar-refractivity contribution in [1.82, 2.24) is 4.98 Å². The molecule has 0 spiro atoms. The van der Waals surface area contributed by atoms with E-state index in [1.807, 2.05) is 0 Å². The van der Waals surface area contributed by atoms with Gasteiger partial charge in [-0.25, -0.2) is 4.98 Å². The summed E-state index contributed by atoms with van der Waals surface area (Å²) in [4.78, 5) is 4.39. The molecule has 0 aliphatic rings. The van der Waals surface area contributed by atoms with Gasteiger partial charge in [0.25, 0.3) is 0 Å². The highest BCUT2D eigenvalue weighted by Crippen LogP contribution is 2.40. The first kappa shape index (κ1) is 13.0. The lowest BCUT2D eigenvalue weighted by Gasteiger charge is -2.07. The van der Waals surface area contributed by atoms with E-state index in [2.05, 4.69) is 4.98 Å². The van der Waals surface area contributed by atoms with Crippen LogP contribution in [-0.2, 0) is 0 Å². The van der Waals surface area contributed by atoms with Crippen LogP contribution in [0.15, 0.2) is 4.90 Å². The van der Waals surface area contributed by atoms with Crippen molar-refractivity contribution >= 4 is 69.8 Å². The summed E-state index contributed by atoms with van der Waals surface area (Å²) < 4.78 is 0. The first-order valence-electron chi connectivity index (χ1n) is 3.46. The quantitative estimate of drug-likeness (QED) is 0.441. The number of thioether (sulfide) groups is 1. The molecule has 0 amide bonds. The molecule has 14 heavy (non-hydrogen) atoms. The topological polar surface area (TPSA) is 12.9 Å². The zero-order valence-electron chi connectivity index (χ0n) is 6.66. The van der Waals surface area contributed by atoms with E-state index in [0.717, 1.165) is 0 Å². The van der Waals surface area contributed by atoms with Crippen LogP contribution < -0.4 is 0 Å². The van der Waals surface area contributed by atoms with Gasteiger partial charge in [-0.05, 0) is 0 Å². The summed E-state index contributed by atoms with van der Waals surface area (Å²) in [6, 6.07) is 0. The zero-order valence-corrected chi connectivity index (χ0v) is 11.3. The maximum atomic E-state index is 5.90. The Kier molecular flexibility index (Phi) is 5.47. The Labute approximate surface area is 111 Å². The van der Waals surface area contributed by atoms with Crippen molar-refractivity contribution < 1.29 is 0 Å². The van der Waals surface area contributed by atoms with Crippen molar-refractivity contribution in [2.45, 2.75) is 4.90 Å². The minimum absolute atomic E-state index is 0.151. The third kappa shape index (κ3) is 2.97. The van der Waals surface area contributed by atoms with Gasteiger partial charge < -0.3 is 0 Å². The molecule has 0 atom stereocenters. The van der Waals surface area contributed by atoms with E-state index < -0.39 is 0 Å². The first-order chi connectivity index (χ1) is 6.57. The number of pyridine rings is 1. The lowest BCUT2D eigenvalue weighted by molar-refractivity contribution is 1.26. The van der Waals surface area contributed by atoms with Gasteiger partial charge in [-0.2, -0.15) is 0 Å². The number of hydrogen-bond donors (Lipinski definition) is 0. The summed E-state index contributed by atoms with van der Waals surface area (Å²) in [7, 11) is 0. The van der Waals surface area contributed by atoms with Gasteiger partial charge in [-0.1, -0.05) is 46.4 Å². The first-order valence-corrected chi connectivity index (χ1v) is 6.50. The maximum Gasteiger partial charge on any atom is 0.150 e. The van der Waals surface area contributed by atoms with Crippen LogP contribution in [0.3, 0.4) is 0 Å². The van der Waals surface area contributed by atoms with Gasteiger partial charge in [-0.15, -0.1) is 23.4 Å². The minimum Gasteiger partial charge on any atom is -0.221 e. The molecule has 1 nitrogen and oxygen atoms in total. The number of nitrogens with zero attached hydrogens (tertiary/aromatic N) is 1. The van der Waals surface area contributed by atoms with Crippen molar-refractivity contribution in [3.05, 3.63) is 20.4 Å². The summed E-state index contributed by atoms with van der Waals surface area (Å²) in [6.07, 6.45) is 0. The molecule has 7 heteroatoms. The van der Waals surface area contributed by atoms with Gasteiger partial charge >= 0.3 is 0 Å². The smallest absolute Gasteiger partial charge is 0.150 e. The SMILES string of the molecule is ClCCSc1c(Cl)c(Cl)nc(Cl)c1Cl. The van der Waals surface area contributed by atoms with Crippen molar-refractivity contribution in [2.24, 2.45) is 0 Å². The highest BCUT2D eigenvalue weighted by molar-refractivity contribution is 7.99. The number of hydrogen-bond acceptors (Lipinski definition) is 2. The Morgan fingerprint density at radius 2 is 1.50 bits per heavy atom. The van der Waals surface area contributed by atoms with Gasteiger partial charge in [0, 0.05) is 11.6 Å². The predicted molar refractivity (Wildman–Crippen MR) is 65.7 cm³/mol. The largest absolute Gasteiger partial charge is 0.221 e. The van der Waals surface area contributed by atoms with Crippen LogP contribution in [0.5, 0.6) is 0 Å². The van der Waals surface area contributed by atoms with E-state index in [-0.39, 0.29) is 10.3 Å². The fourth-order valence-corrected chi connectivity index (χ4v) is 2.86. The van der Waals surface area contributed by atoms with Gasteiger partial charge in [0.05, 0.1) is 14.9 Å². The second-order valence-electron chi connectivity index (χ2n) is 2.19.